The molecule has 3 heterocycles. The summed E-state index contributed by atoms with van der Waals surface area (Å²) in [6, 6.07) is 15.0. The zero-order valence-corrected chi connectivity index (χ0v) is 18.1. The van der Waals surface area contributed by atoms with Gasteiger partial charge in [-0.25, -0.2) is 9.97 Å². The summed E-state index contributed by atoms with van der Waals surface area (Å²) >= 11 is 7.65. The Morgan fingerprint density at radius 1 is 1.06 bits per heavy atom. The Hall–Kier alpha value is -3.42. The van der Waals surface area contributed by atoms with Gasteiger partial charge in [0.05, 0.1) is 34.0 Å². The number of hydrogen-bond donors (Lipinski definition) is 0. The second-order valence-corrected chi connectivity index (χ2v) is 8.51. The maximum Gasteiger partial charge on any atom is 0.280 e. The number of amides is 1. The van der Waals surface area contributed by atoms with Gasteiger partial charge >= 0.3 is 0 Å². The molecule has 0 atom stereocenters. The smallest absolute Gasteiger partial charge is 0.278 e. The Morgan fingerprint density at radius 3 is 2.71 bits per heavy atom. The van der Waals surface area contributed by atoms with E-state index in [1.54, 1.807) is 17.3 Å². The molecule has 0 saturated carbocycles. The summed E-state index contributed by atoms with van der Waals surface area (Å²) in [7, 11) is 0. The molecular weight excluding hydrogens is 430 g/mol. The molecule has 0 radical (unpaired) electrons. The first kappa shape index (κ1) is 19.5. The third kappa shape index (κ3) is 3.85. The van der Waals surface area contributed by atoms with Gasteiger partial charge in [-0.05, 0) is 48.4 Å². The maximum absolute atomic E-state index is 13.6. The highest BCUT2D eigenvalue weighted by molar-refractivity contribution is 7.22. The van der Waals surface area contributed by atoms with Crippen LogP contribution in [0.15, 0.2) is 67.1 Å². The zero-order chi connectivity index (χ0) is 21.4. The molecule has 31 heavy (non-hydrogen) atoms. The summed E-state index contributed by atoms with van der Waals surface area (Å²) < 4.78 is 0.925. The van der Waals surface area contributed by atoms with Crippen molar-refractivity contribution in [3.05, 3.63) is 89.0 Å². The molecule has 8 heteroatoms. The van der Waals surface area contributed by atoms with E-state index in [4.69, 9.17) is 16.6 Å². The highest BCUT2D eigenvalue weighted by Crippen LogP contribution is 2.34. The molecule has 0 N–H and O–H groups in total. The average molecular weight is 446 g/mol. The van der Waals surface area contributed by atoms with Crippen LogP contribution in [-0.4, -0.2) is 25.8 Å². The number of aromatic nitrogens is 4. The molecule has 6 nitrogen and oxygen atoms in total. The molecule has 0 bridgehead atoms. The van der Waals surface area contributed by atoms with Crippen LogP contribution in [0.3, 0.4) is 0 Å². The van der Waals surface area contributed by atoms with Crippen molar-refractivity contribution in [2.45, 2.75) is 13.5 Å². The van der Waals surface area contributed by atoms with E-state index < -0.39 is 0 Å². The quantitative estimate of drug-likeness (QED) is 0.368. The number of benzene rings is 2. The number of fused-ring (bicyclic) bond motifs is 2. The van der Waals surface area contributed by atoms with Crippen LogP contribution in [0.5, 0.6) is 0 Å². The molecule has 0 fully saturated rings. The fraction of sp³-hybridized carbons (Fsp3) is 0.0870. The lowest BCUT2D eigenvalue weighted by molar-refractivity contribution is 0.0980. The monoisotopic (exact) mass is 445 g/mol. The van der Waals surface area contributed by atoms with Gasteiger partial charge < -0.3 is 0 Å². The van der Waals surface area contributed by atoms with Crippen LogP contribution in [0.1, 0.15) is 21.6 Å². The third-order valence-corrected chi connectivity index (χ3v) is 6.09. The van der Waals surface area contributed by atoms with Crippen LogP contribution in [0.25, 0.3) is 21.3 Å². The lowest BCUT2D eigenvalue weighted by Crippen LogP contribution is -2.31. The van der Waals surface area contributed by atoms with Crippen LogP contribution < -0.4 is 4.90 Å². The number of nitrogens with zero attached hydrogens (tertiary/aromatic N) is 5. The van der Waals surface area contributed by atoms with Gasteiger partial charge in [0.2, 0.25) is 0 Å². The molecule has 0 aliphatic carbocycles. The summed E-state index contributed by atoms with van der Waals surface area (Å²) in [6.07, 6.45) is 4.95. The number of carbonyl (C=O) groups excluding carboxylic acids is 1. The van der Waals surface area contributed by atoms with E-state index in [1.807, 2.05) is 55.5 Å². The Kier molecular flexibility index (Phi) is 5.05. The minimum absolute atomic E-state index is 0.261. The number of pyridine rings is 1. The predicted molar refractivity (Wildman–Crippen MR) is 124 cm³/mol. The molecule has 0 aliphatic heterocycles. The van der Waals surface area contributed by atoms with Crippen LogP contribution in [0.2, 0.25) is 5.02 Å². The fourth-order valence-electron chi connectivity index (χ4n) is 3.36. The van der Waals surface area contributed by atoms with E-state index in [2.05, 4.69) is 15.0 Å². The molecule has 0 spiro atoms. The second-order valence-electron chi connectivity index (χ2n) is 7.06. The molecule has 5 rings (SSSR count). The van der Waals surface area contributed by atoms with E-state index in [1.165, 1.54) is 17.5 Å². The first-order chi connectivity index (χ1) is 15.1. The number of thiazole rings is 1. The van der Waals surface area contributed by atoms with Crippen LogP contribution in [0.4, 0.5) is 5.13 Å². The molecule has 2 aromatic carbocycles. The number of carbonyl (C=O) groups is 1. The minimum atomic E-state index is -0.273. The normalized spacial score (nSPS) is 11.2. The number of para-hydroxylation sites is 2. The number of hydrogen-bond acceptors (Lipinski definition) is 6. The lowest BCUT2D eigenvalue weighted by Gasteiger charge is -2.19. The van der Waals surface area contributed by atoms with Gasteiger partial charge in [-0.1, -0.05) is 41.1 Å². The first-order valence-corrected chi connectivity index (χ1v) is 10.8. The van der Waals surface area contributed by atoms with E-state index >= 15 is 0 Å². The largest absolute Gasteiger partial charge is 0.280 e. The maximum atomic E-state index is 13.6. The lowest BCUT2D eigenvalue weighted by atomic mass is 10.2. The van der Waals surface area contributed by atoms with Gasteiger partial charge in [0.1, 0.15) is 5.69 Å². The number of anilines is 1. The molecule has 5 aromatic rings. The van der Waals surface area contributed by atoms with E-state index in [0.29, 0.717) is 22.2 Å². The van der Waals surface area contributed by atoms with Crippen molar-refractivity contribution in [3.8, 4) is 0 Å². The first-order valence-electron chi connectivity index (χ1n) is 9.58. The van der Waals surface area contributed by atoms with Crippen molar-refractivity contribution in [2.24, 2.45) is 0 Å². The molecule has 3 aromatic heterocycles. The Balaban J connectivity index is 1.61. The van der Waals surface area contributed by atoms with Gasteiger partial charge in [0.25, 0.3) is 5.91 Å². The van der Waals surface area contributed by atoms with Crippen LogP contribution >= 0.6 is 22.9 Å². The summed E-state index contributed by atoms with van der Waals surface area (Å²) in [5.74, 6) is -0.273. The number of halogens is 1. The summed E-state index contributed by atoms with van der Waals surface area (Å²) in [6.45, 7) is 2.27. The van der Waals surface area contributed by atoms with Crippen molar-refractivity contribution >= 4 is 55.2 Å². The molecule has 1 amide bonds. The van der Waals surface area contributed by atoms with Crippen LogP contribution in [0, 0.1) is 6.92 Å². The van der Waals surface area contributed by atoms with Gasteiger partial charge in [-0.3, -0.25) is 19.7 Å². The third-order valence-electron chi connectivity index (χ3n) is 4.85. The molecule has 0 unspecified atom stereocenters. The Morgan fingerprint density at radius 2 is 1.90 bits per heavy atom. The van der Waals surface area contributed by atoms with E-state index in [0.717, 1.165) is 26.9 Å². The second kappa shape index (κ2) is 8.02. The summed E-state index contributed by atoms with van der Waals surface area (Å²) in [4.78, 5) is 33.0. The standard InChI is InChI=1S/C23H16ClN5OS/c1-14-9-16(24)10-20-21(14)28-23(31-20)29(13-15-5-4-8-25-11-15)22(30)19-12-26-17-6-2-3-7-18(17)27-19/h2-12H,13H2,1H3. The topological polar surface area (TPSA) is 71.9 Å². The highest BCUT2D eigenvalue weighted by Gasteiger charge is 2.24. The van der Waals surface area contributed by atoms with Gasteiger partial charge in [-0.2, -0.15) is 0 Å². The van der Waals surface area contributed by atoms with Crippen molar-refractivity contribution in [2.75, 3.05) is 4.90 Å². The Labute approximate surface area is 187 Å². The SMILES string of the molecule is Cc1cc(Cl)cc2sc(N(Cc3cccnc3)C(=O)c3cnc4ccccc4n3)nc12. The van der Waals surface area contributed by atoms with Gasteiger partial charge in [0, 0.05) is 17.4 Å². The molecule has 152 valence electrons. The highest BCUT2D eigenvalue weighted by atomic mass is 35.5. The zero-order valence-electron chi connectivity index (χ0n) is 16.5. The van der Waals surface area contributed by atoms with Crippen molar-refractivity contribution < 1.29 is 4.79 Å². The number of aryl methyl sites for hydroxylation is 1. The van der Waals surface area contributed by atoms with E-state index in [-0.39, 0.29) is 11.6 Å². The Bertz CT molecular complexity index is 1420. The molecular formula is C23H16ClN5OS. The molecule has 0 saturated heterocycles. The molecule has 0 aliphatic rings. The van der Waals surface area contributed by atoms with Crippen molar-refractivity contribution in [3.63, 3.8) is 0 Å². The minimum Gasteiger partial charge on any atom is -0.278 e. The van der Waals surface area contributed by atoms with Crippen molar-refractivity contribution in [1.29, 1.82) is 0 Å². The average Bonchev–Trinajstić information content (AvgIpc) is 3.21. The van der Waals surface area contributed by atoms with Gasteiger partial charge in [0.15, 0.2) is 5.13 Å². The summed E-state index contributed by atoms with van der Waals surface area (Å²) in [5.41, 5.74) is 4.35. The van der Waals surface area contributed by atoms with Crippen molar-refractivity contribution in [1.82, 2.24) is 19.9 Å². The van der Waals surface area contributed by atoms with Crippen LogP contribution in [-0.2, 0) is 6.54 Å². The summed E-state index contributed by atoms with van der Waals surface area (Å²) in [5, 5.41) is 1.22. The predicted octanol–water partition coefficient (Wildman–Crippen LogP) is 5.44. The number of rotatable bonds is 4. The fourth-order valence-corrected chi connectivity index (χ4v) is 4.78. The van der Waals surface area contributed by atoms with Gasteiger partial charge in [-0.15, -0.1) is 0 Å². The van der Waals surface area contributed by atoms with E-state index in [9.17, 15) is 4.79 Å².